The molecule has 0 fully saturated rings. The molecule has 0 bridgehead atoms. The number of benzene rings is 3. The van der Waals surface area contributed by atoms with Gasteiger partial charge in [0.15, 0.2) is 0 Å². The highest BCUT2D eigenvalue weighted by Crippen LogP contribution is 2.33. The van der Waals surface area contributed by atoms with E-state index in [1.165, 1.54) is 0 Å². The topological polar surface area (TPSA) is 76.5 Å². The Kier molecular flexibility index (Phi) is 7.72. The summed E-state index contributed by atoms with van der Waals surface area (Å²) < 4.78 is 7.01. The molecule has 0 saturated heterocycles. The van der Waals surface area contributed by atoms with Crippen molar-refractivity contribution < 1.29 is 14.3 Å². The Morgan fingerprint density at radius 2 is 1.68 bits per heavy atom. The van der Waals surface area contributed by atoms with Crippen LogP contribution in [-0.2, 0) is 4.79 Å². The number of carbonyl (C=O) groups excluding carboxylic acids is 2. The van der Waals surface area contributed by atoms with Gasteiger partial charge in [-0.15, -0.1) is 0 Å². The van der Waals surface area contributed by atoms with Gasteiger partial charge in [-0.2, -0.15) is 5.10 Å². The van der Waals surface area contributed by atoms with E-state index in [1.807, 2.05) is 82.3 Å². The monoisotopic (exact) mass is 496 g/mol. The molecule has 0 aliphatic heterocycles. The molecule has 190 valence electrons. The van der Waals surface area contributed by atoms with Crippen LogP contribution in [0.15, 0.2) is 78.9 Å². The van der Waals surface area contributed by atoms with E-state index in [1.54, 1.807) is 41.0 Å². The fraction of sp³-hybridized carbons (Fsp3) is 0.233. The van der Waals surface area contributed by atoms with Crippen molar-refractivity contribution in [3.8, 4) is 22.6 Å². The number of hydrogen-bond donors (Lipinski definition) is 1. The van der Waals surface area contributed by atoms with E-state index < -0.39 is 0 Å². The molecule has 7 nitrogen and oxygen atoms in total. The second-order valence-corrected chi connectivity index (χ2v) is 9.23. The Balaban J connectivity index is 1.68. The fourth-order valence-electron chi connectivity index (χ4n) is 4.20. The summed E-state index contributed by atoms with van der Waals surface area (Å²) in [6.07, 6.45) is 0. The van der Waals surface area contributed by atoms with Crippen molar-refractivity contribution in [2.75, 3.05) is 19.0 Å². The Hall–Kier alpha value is -4.39. The van der Waals surface area contributed by atoms with Crippen molar-refractivity contribution in [2.45, 2.75) is 33.7 Å². The molecule has 0 radical (unpaired) electrons. The van der Waals surface area contributed by atoms with Gasteiger partial charge in [0.1, 0.15) is 18.1 Å². The Labute approximate surface area is 217 Å². The summed E-state index contributed by atoms with van der Waals surface area (Å²) in [4.78, 5) is 28.3. The summed E-state index contributed by atoms with van der Waals surface area (Å²) in [5, 5.41) is 7.83. The lowest BCUT2D eigenvalue weighted by molar-refractivity contribution is -0.117. The molecule has 0 unspecified atom stereocenters. The zero-order valence-electron chi connectivity index (χ0n) is 21.9. The van der Waals surface area contributed by atoms with Gasteiger partial charge in [-0.1, -0.05) is 54.1 Å². The highest BCUT2D eigenvalue weighted by Gasteiger charge is 2.25. The lowest BCUT2D eigenvalue weighted by Crippen LogP contribution is -2.42. The van der Waals surface area contributed by atoms with Crippen molar-refractivity contribution in [2.24, 2.45) is 0 Å². The lowest BCUT2D eigenvalue weighted by Gasteiger charge is -2.26. The van der Waals surface area contributed by atoms with Gasteiger partial charge in [0, 0.05) is 17.2 Å². The third-order valence-corrected chi connectivity index (χ3v) is 6.17. The number of methoxy groups -OCH3 is 1. The van der Waals surface area contributed by atoms with Crippen LogP contribution in [0, 0.1) is 13.8 Å². The molecule has 0 spiro atoms. The second kappa shape index (κ2) is 11.1. The molecule has 1 heterocycles. The summed E-state index contributed by atoms with van der Waals surface area (Å²) >= 11 is 0. The minimum absolute atomic E-state index is 0.111. The molecule has 0 atom stereocenters. The van der Waals surface area contributed by atoms with Gasteiger partial charge >= 0.3 is 0 Å². The van der Waals surface area contributed by atoms with Crippen molar-refractivity contribution >= 4 is 17.6 Å². The first-order valence-electron chi connectivity index (χ1n) is 12.3. The molecule has 1 aromatic heterocycles. The van der Waals surface area contributed by atoms with Crippen LogP contribution in [0.1, 0.15) is 35.5 Å². The van der Waals surface area contributed by atoms with E-state index in [0.29, 0.717) is 17.1 Å². The number of aryl methyl sites for hydroxylation is 2. The Bertz CT molecular complexity index is 1390. The maximum Gasteiger partial charge on any atom is 0.254 e. The maximum absolute atomic E-state index is 13.4. The van der Waals surface area contributed by atoms with Crippen LogP contribution in [0.4, 0.5) is 5.82 Å². The largest absolute Gasteiger partial charge is 0.497 e. The van der Waals surface area contributed by atoms with Gasteiger partial charge in [0.2, 0.25) is 5.91 Å². The number of aromatic nitrogens is 2. The highest BCUT2D eigenvalue weighted by molar-refractivity contribution is 6.01. The van der Waals surface area contributed by atoms with Crippen molar-refractivity contribution in [3.63, 3.8) is 0 Å². The average Bonchev–Trinajstić information content (AvgIpc) is 3.22. The van der Waals surface area contributed by atoms with Crippen LogP contribution in [-0.4, -0.2) is 46.2 Å². The molecule has 1 N–H and O–H groups in total. The summed E-state index contributed by atoms with van der Waals surface area (Å²) in [6, 6.07) is 24.6. The van der Waals surface area contributed by atoms with Gasteiger partial charge < -0.3 is 15.0 Å². The van der Waals surface area contributed by atoms with Gasteiger partial charge in [0.05, 0.1) is 18.5 Å². The second-order valence-electron chi connectivity index (χ2n) is 9.23. The van der Waals surface area contributed by atoms with Crippen molar-refractivity contribution in [3.05, 3.63) is 95.7 Å². The van der Waals surface area contributed by atoms with Crippen LogP contribution in [0.2, 0.25) is 0 Å². The minimum Gasteiger partial charge on any atom is -0.497 e. The first kappa shape index (κ1) is 25.7. The smallest absolute Gasteiger partial charge is 0.254 e. The summed E-state index contributed by atoms with van der Waals surface area (Å²) in [5.74, 6) is 0.602. The van der Waals surface area contributed by atoms with Crippen molar-refractivity contribution in [1.29, 1.82) is 0 Å². The van der Waals surface area contributed by atoms with Gasteiger partial charge in [-0.3, -0.25) is 9.59 Å². The molecule has 4 rings (SSSR count). The molecule has 0 saturated carbocycles. The van der Waals surface area contributed by atoms with E-state index in [2.05, 4.69) is 5.32 Å². The molecule has 0 aliphatic rings. The average molecular weight is 497 g/mol. The van der Waals surface area contributed by atoms with E-state index >= 15 is 0 Å². The first-order chi connectivity index (χ1) is 17.8. The quantitative estimate of drug-likeness (QED) is 0.342. The SMILES string of the molecule is COc1cccc(C(=O)N(CC(=O)Nc2c(-c3ccccc3)c(C)nn2-c2ccc(C)cc2)C(C)C)c1. The normalized spacial score (nSPS) is 10.9. The minimum atomic E-state index is -0.310. The third kappa shape index (κ3) is 5.72. The van der Waals surface area contributed by atoms with E-state index in [0.717, 1.165) is 28.1 Å². The third-order valence-electron chi connectivity index (χ3n) is 6.17. The molecular formula is C30H32N4O3. The Morgan fingerprint density at radius 3 is 2.32 bits per heavy atom. The van der Waals surface area contributed by atoms with Crippen LogP contribution in [0.25, 0.3) is 16.8 Å². The number of carbonyl (C=O) groups is 2. The zero-order chi connectivity index (χ0) is 26.5. The van der Waals surface area contributed by atoms with Crippen LogP contribution < -0.4 is 10.1 Å². The predicted molar refractivity (Wildman–Crippen MR) is 146 cm³/mol. The summed E-state index contributed by atoms with van der Waals surface area (Å²) in [7, 11) is 1.56. The molecule has 3 aromatic carbocycles. The zero-order valence-corrected chi connectivity index (χ0v) is 21.9. The standard InChI is InChI=1S/C30H32N4O3/c1-20(2)33(30(36)24-12-9-13-26(18-24)37-5)19-27(35)31-29-28(23-10-7-6-8-11-23)22(4)32-34(29)25-16-14-21(3)15-17-25/h6-18,20H,19H2,1-5H3,(H,31,35). The molecular weight excluding hydrogens is 464 g/mol. The van der Waals surface area contributed by atoms with Crippen LogP contribution >= 0.6 is 0 Å². The van der Waals surface area contributed by atoms with Gasteiger partial charge in [-0.25, -0.2) is 4.68 Å². The van der Waals surface area contributed by atoms with Crippen LogP contribution in [0.5, 0.6) is 5.75 Å². The number of hydrogen-bond acceptors (Lipinski definition) is 4. The van der Waals surface area contributed by atoms with Gasteiger partial charge in [0.25, 0.3) is 5.91 Å². The number of rotatable bonds is 8. The number of ether oxygens (including phenoxy) is 1. The lowest BCUT2D eigenvalue weighted by atomic mass is 10.1. The Morgan fingerprint density at radius 1 is 0.973 bits per heavy atom. The van der Waals surface area contributed by atoms with Gasteiger partial charge in [-0.05, 0) is 63.6 Å². The molecule has 37 heavy (non-hydrogen) atoms. The van der Waals surface area contributed by atoms with E-state index in [9.17, 15) is 9.59 Å². The highest BCUT2D eigenvalue weighted by atomic mass is 16.5. The maximum atomic E-state index is 13.4. The van der Waals surface area contributed by atoms with Crippen LogP contribution in [0.3, 0.4) is 0 Å². The number of nitrogens with one attached hydrogen (secondary N) is 1. The molecule has 4 aromatic rings. The van der Waals surface area contributed by atoms with E-state index in [4.69, 9.17) is 9.84 Å². The van der Waals surface area contributed by atoms with Crippen molar-refractivity contribution in [1.82, 2.24) is 14.7 Å². The molecule has 7 heteroatoms. The summed E-state index contributed by atoms with van der Waals surface area (Å²) in [5.41, 5.74) is 5.00. The molecule has 2 amide bonds. The predicted octanol–water partition coefficient (Wildman–Crippen LogP) is 5.65. The fourth-order valence-corrected chi connectivity index (χ4v) is 4.20. The number of anilines is 1. The van der Waals surface area contributed by atoms with E-state index in [-0.39, 0.29) is 24.4 Å². The number of amides is 2. The number of nitrogens with zero attached hydrogens (tertiary/aromatic N) is 3. The first-order valence-corrected chi connectivity index (χ1v) is 12.3. The molecule has 0 aliphatic carbocycles. The summed E-state index contributed by atoms with van der Waals surface area (Å²) in [6.45, 7) is 7.62.